The van der Waals surface area contributed by atoms with Crippen LogP contribution in [0, 0.1) is 0 Å². The van der Waals surface area contributed by atoms with Crippen LogP contribution in [0.25, 0.3) is 22.3 Å². The van der Waals surface area contributed by atoms with Crippen molar-refractivity contribution in [1.29, 1.82) is 0 Å². The molecule has 7 aromatic rings. The Morgan fingerprint density at radius 3 is 1.87 bits per heavy atom. The third-order valence-corrected chi connectivity index (χ3v) is 9.47. The Hall–Kier alpha value is -5.48. The maximum absolute atomic E-state index is 6.90. The van der Waals surface area contributed by atoms with E-state index in [-0.39, 0.29) is 10.8 Å². The number of nitrogens with zero attached hydrogens (tertiary/aromatic N) is 2. The monoisotopic (exact) mass is 614 g/mol. The van der Waals surface area contributed by atoms with Gasteiger partial charge in [0.25, 0.3) is 0 Å². The summed E-state index contributed by atoms with van der Waals surface area (Å²) >= 11 is 0. The van der Waals surface area contributed by atoms with Gasteiger partial charge < -0.3 is 13.7 Å². The first-order chi connectivity index (χ1) is 22.7. The van der Waals surface area contributed by atoms with Crippen LogP contribution in [-0.4, -0.2) is 0 Å². The van der Waals surface area contributed by atoms with E-state index in [0.29, 0.717) is 0 Å². The second kappa shape index (κ2) is 10.8. The minimum Gasteiger partial charge on any atom is -0.462 e. The molecule has 1 aliphatic carbocycles. The Morgan fingerprint density at radius 2 is 1.17 bits per heavy atom. The fraction of sp³-hybridized carbons (Fsp3) is 0.163. The largest absolute Gasteiger partial charge is 0.462 e. The minimum absolute atomic E-state index is 0.125. The van der Waals surface area contributed by atoms with E-state index >= 15 is 0 Å². The van der Waals surface area contributed by atoms with Gasteiger partial charge in [-0.2, -0.15) is 0 Å². The van der Waals surface area contributed by atoms with Crippen molar-refractivity contribution in [1.82, 2.24) is 0 Å². The SMILES string of the molecule is CC(C)(C)c1cc(N(c2ccccc2)c2cc3c(o2)-c2ccccc2C3(C)C)cc(N(c2ccccc2)c2coc3ccccc23)c1. The molecule has 0 amide bonds. The van der Waals surface area contributed by atoms with Gasteiger partial charge in [0.05, 0.1) is 11.4 Å². The molecule has 0 fully saturated rings. The highest BCUT2D eigenvalue weighted by molar-refractivity contribution is 5.97. The Labute approximate surface area is 276 Å². The van der Waals surface area contributed by atoms with E-state index in [1.807, 2.05) is 18.4 Å². The molecule has 0 aliphatic heterocycles. The molecular weight excluding hydrogens is 576 g/mol. The second-order valence-corrected chi connectivity index (χ2v) is 13.9. The molecular formula is C43H38N2O2. The molecule has 0 saturated heterocycles. The Balaban J connectivity index is 1.37. The highest BCUT2D eigenvalue weighted by Gasteiger charge is 2.39. The van der Waals surface area contributed by atoms with Gasteiger partial charge in [-0.15, -0.1) is 0 Å². The van der Waals surface area contributed by atoms with E-state index in [0.717, 1.165) is 56.6 Å². The lowest BCUT2D eigenvalue weighted by Gasteiger charge is -2.31. The molecule has 0 spiro atoms. The van der Waals surface area contributed by atoms with Gasteiger partial charge in [0, 0.05) is 45.1 Å². The molecule has 1 aliphatic rings. The van der Waals surface area contributed by atoms with Crippen molar-refractivity contribution in [2.24, 2.45) is 0 Å². The fourth-order valence-corrected chi connectivity index (χ4v) is 6.93. The minimum atomic E-state index is -0.166. The summed E-state index contributed by atoms with van der Waals surface area (Å²) in [6.07, 6.45) is 1.87. The van der Waals surface area contributed by atoms with Gasteiger partial charge in [-0.1, -0.05) is 107 Å². The lowest BCUT2D eigenvalue weighted by molar-refractivity contribution is 0.582. The van der Waals surface area contributed by atoms with Crippen molar-refractivity contribution in [3.63, 3.8) is 0 Å². The number of rotatable bonds is 6. The number of furan rings is 2. The zero-order valence-electron chi connectivity index (χ0n) is 27.5. The number of para-hydroxylation sites is 3. The molecule has 232 valence electrons. The fourth-order valence-electron chi connectivity index (χ4n) is 6.93. The van der Waals surface area contributed by atoms with Crippen LogP contribution < -0.4 is 9.80 Å². The molecule has 0 N–H and O–H groups in total. The van der Waals surface area contributed by atoms with Crippen LogP contribution >= 0.6 is 0 Å². The third-order valence-electron chi connectivity index (χ3n) is 9.47. The first-order valence-corrected chi connectivity index (χ1v) is 16.3. The summed E-state index contributed by atoms with van der Waals surface area (Å²) in [5.41, 5.74) is 10.6. The Kier molecular flexibility index (Phi) is 6.66. The summed E-state index contributed by atoms with van der Waals surface area (Å²) in [7, 11) is 0. The van der Waals surface area contributed by atoms with Crippen LogP contribution in [0.15, 0.2) is 149 Å². The van der Waals surface area contributed by atoms with Crippen molar-refractivity contribution in [2.45, 2.75) is 45.4 Å². The highest BCUT2D eigenvalue weighted by atomic mass is 16.4. The lowest BCUT2D eigenvalue weighted by atomic mass is 9.83. The van der Waals surface area contributed by atoms with E-state index < -0.39 is 0 Å². The predicted octanol–water partition coefficient (Wildman–Crippen LogP) is 12.6. The zero-order chi connectivity index (χ0) is 32.3. The van der Waals surface area contributed by atoms with E-state index in [1.54, 1.807) is 0 Å². The van der Waals surface area contributed by atoms with Crippen LogP contribution in [0.5, 0.6) is 0 Å². The molecule has 5 aromatic carbocycles. The summed E-state index contributed by atoms with van der Waals surface area (Å²) < 4.78 is 13.0. The maximum Gasteiger partial charge on any atom is 0.205 e. The summed E-state index contributed by atoms with van der Waals surface area (Å²) in [5.74, 6) is 1.74. The molecule has 0 atom stereocenters. The van der Waals surface area contributed by atoms with E-state index in [2.05, 4.69) is 166 Å². The number of hydrogen-bond acceptors (Lipinski definition) is 4. The number of hydrogen-bond donors (Lipinski definition) is 0. The smallest absolute Gasteiger partial charge is 0.205 e. The first kappa shape index (κ1) is 29.0. The molecule has 0 saturated carbocycles. The van der Waals surface area contributed by atoms with Gasteiger partial charge in [-0.05, 0) is 71.1 Å². The summed E-state index contributed by atoms with van der Waals surface area (Å²) in [4.78, 5) is 4.56. The van der Waals surface area contributed by atoms with Crippen molar-refractivity contribution < 1.29 is 8.83 Å². The average molecular weight is 615 g/mol. The topological polar surface area (TPSA) is 32.8 Å². The number of fused-ring (bicyclic) bond motifs is 4. The second-order valence-electron chi connectivity index (χ2n) is 13.9. The van der Waals surface area contributed by atoms with Gasteiger partial charge in [-0.3, -0.25) is 4.90 Å². The van der Waals surface area contributed by atoms with Crippen LogP contribution in [0.1, 0.15) is 51.3 Å². The predicted molar refractivity (Wildman–Crippen MR) is 194 cm³/mol. The van der Waals surface area contributed by atoms with E-state index in [4.69, 9.17) is 8.83 Å². The standard InChI is InChI=1S/C43H38N2O2/c1-42(2,3)29-24-32(44(30-16-8-6-9-17-30)38-28-46-39-23-15-13-21-35(38)39)26-33(25-29)45(31-18-10-7-11-19-31)40-27-37-41(47-40)34-20-12-14-22-36(34)43(37,4)5/h6-28H,1-5H3. The van der Waals surface area contributed by atoms with Gasteiger partial charge in [-0.25, -0.2) is 0 Å². The lowest BCUT2D eigenvalue weighted by Crippen LogP contribution is -2.18. The van der Waals surface area contributed by atoms with Gasteiger partial charge >= 0.3 is 0 Å². The first-order valence-electron chi connectivity index (χ1n) is 16.3. The van der Waals surface area contributed by atoms with Crippen LogP contribution in [0.2, 0.25) is 0 Å². The Bertz CT molecular complexity index is 2220. The zero-order valence-corrected chi connectivity index (χ0v) is 27.5. The molecule has 0 unspecified atom stereocenters. The summed E-state index contributed by atoms with van der Waals surface area (Å²) in [5, 5.41) is 1.06. The van der Waals surface area contributed by atoms with Gasteiger partial charge in [0.2, 0.25) is 5.88 Å². The van der Waals surface area contributed by atoms with E-state index in [1.165, 1.54) is 16.7 Å². The molecule has 8 rings (SSSR count). The number of anilines is 6. The number of benzene rings is 5. The van der Waals surface area contributed by atoms with Crippen molar-refractivity contribution in [3.8, 4) is 11.3 Å². The van der Waals surface area contributed by atoms with Crippen LogP contribution in [-0.2, 0) is 10.8 Å². The van der Waals surface area contributed by atoms with Crippen molar-refractivity contribution in [3.05, 3.63) is 156 Å². The molecule has 0 bridgehead atoms. The third kappa shape index (κ3) is 4.83. The highest BCUT2D eigenvalue weighted by Crippen LogP contribution is 2.53. The van der Waals surface area contributed by atoms with Crippen LogP contribution in [0.4, 0.5) is 34.3 Å². The molecule has 4 nitrogen and oxygen atoms in total. The Morgan fingerprint density at radius 1 is 0.574 bits per heavy atom. The van der Waals surface area contributed by atoms with Gasteiger partial charge in [0.1, 0.15) is 17.6 Å². The summed E-state index contributed by atoms with van der Waals surface area (Å²) in [6, 6.07) is 47.0. The van der Waals surface area contributed by atoms with Gasteiger partial charge in [0.15, 0.2) is 0 Å². The quantitative estimate of drug-likeness (QED) is 0.187. The van der Waals surface area contributed by atoms with Crippen molar-refractivity contribution in [2.75, 3.05) is 9.80 Å². The average Bonchev–Trinajstić information content (AvgIpc) is 3.76. The maximum atomic E-state index is 6.90. The van der Waals surface area contributed by atoms with E-state index in [9.17, 15) is 0 Å². The normalized spacial score (nSPS) is 13.4. The summed E-state index contributed by atoms with van der Waals surface area (Å²) in [6.45, 7) is 11.4. The molecule has 47 heavy (non-hydrogen) atoms. The molecule has 0 radical (unpaired) electrons. The molecule has 4 heteroatoms. The van der Waals surface area contributed by atoms with Crippen LogP contribution in [0.3, 0.4) is 0 Å². The molecule has 2 heterocycles. The molecule has 2 aromatic heterocycles. The van der Waals surface area contributed by atoms with Crippen molar-refractivity contribution >= 4 is 45.3 Å².